The van der Waals surface area contributed by atoms with E-state index in [2.05, 4.69) is 15.2 Å². The molecule has 0 radical (unpaired) electrons. The molecule has 0 aliphatic carbocycles. The van der Waals surface area contributed by atoms with Crippen molar-refractivity contribution in [2.75, 3.05) is 32.7 Å². The third-order valence-corrected chi connectivity index (χ3v) is 2.94. The molecular formula is C11H18N4O. The lowest BCUT2D eigenvalue weighted by Gasteiger charge is -2.26. The molecule has 0 amide bonds. The van der Waals surface area contributed by atoms with Crippen LogP contribution in [0.2, 0.25) is 0 Å². The number of nitrogens with one attached hydrogen (secondary N) is 1. The molecular weight excluding hydrogens is 204 g/mol. The summed E-state index contributed by atoms with van der Waals surface area (Å²) in [7, 11) is 1.85. The molecule has 1 N–H and O–H groups in total. The summed E-state index contributed by atoms with van der Waals surface area (Å²) in [5, 5.41) is 3.30. The van der Waals surface area contributed by atoms with Crippen LogP contribution in [0.5, 0.6) is 0 Å². The molecule has 16 heavy (non-hydrogen) atoms. The molecule has 88 valence electrons. The van der Waals surface area contributed by atoms with E-state index in [4.69, 9.17) is 0 Å². The van der Waals surface area contributed by atoms with Crippen molar-refractivity contribution >= 4 is 5.78 Å². The lowest BCUT2D eigenvalue weighted by molar-refractivity contribution is 0.0947. The van der Waals surface area contributed by atoms with Gasteiger partial charge in [-0.2, -0.15) is 0 Å². The smallest absolute Gasteiger partial charge is 0.199 e. The van der Waals surface area contributed by atoms with Crippen molar-refractivity contribution in [2.45, 2.75) is 6.42 Å². The number of rotatable bonds is 4. The van der Waals surface area contributed by atoms with Gasteiger partial charge in [-0.3, -0.25) is 4.79 Å². The third-order valence-electron chi connectivity index (χ3n) is 2.94. The normalized spacial score (nSPS) is 17.6. The molecule has 1 aliphatic heterocycles. The Hall–Kier alpha value is -1.20. The van der Waals surface area contributed by atoms with Gasteiger partial charge in [-0.15, -0.1) is 0 Å². The minimum atomic E-state index is 0.131. The molecule has 0 saturated carbocycles. The van der Waals surface area contributed by atoms with E-state index in [1.54, 1.807) is 17.0 Å². The number of imidazole rings is 1. The van der Waals surface area contributed by atoms with Gasteiger partial charge in [-0.1, -0.05) is 0 Å². The van der Waals surface area contributed by atoms with E-state index in [9.17, 15) is 4.79 Å². The molecule has 1 fully saturated rings. The average molecular weight is 222 g/mol. The predicted molar refractivity (Wildman–Crippen MR) is 61.5 cm³/mol. The van der Waals surface area contributed by atoms with Gasteiger partial charge in [0.15, 0.2) is 11.6 Å². The molecule has 0 spiro atoms. The maximum absolute atomic E-state index is 11.8. The second kappa shape index (κ2) is 5.23. The van der Waals surface area contributed by atoms with Gasteiger partial charge < -0.3 is 14.8 Å². The zero-order valence-electron chi connectivity index (χ0n) is 9.65. The van der Waals surface area contributed by atoms with E-state index in [1.165, 1.54) is 0 Å². The zero-order valence-corrected chi connectivity index (χ0v) is 9.65. The summed E-state index contributed by atoms with van der Waals surface area (Å²) < 4.78 is 1.78. The summed E-state index contributed by atoms with van der Waals surface area (Å²) in [6, 6.07) is 0. The van der Waals surface area contributed by atoms with Gasteiger partial charge in [0.25, 0.3) is 0 Å². The van der Waals surface area contributed by atoms with Crippen LogP contribution in [0.3, 0.4) is 0 Å². The number of aromatic nitrogens is 2. The number of hydrogen-bond acceptors (Lipinski definition) is 4. The largest absolute Gasteiger partial charge is 0.332 e. The van der Waals surface area contributed by atoms with E-state index in [0.717, 1.165) is 32.7 Å². The van der Waals surface area contributed by atoms with Gasteiger partial charge in [0.05, 0.1) is 0 Å². The molecule has 5 heteroatoms. The minimum absolute atomic E-state index is 0.131. The number of carbonyl (C=O) groups is 1. The Morgan fingerprint density at radius 1 is 1.50 bits per heavy atom. The second-order valence-corrected chi connectivity index (χ2v) is 4.13. The molecule has 2 heterocycles. The first kappa shape index (κ1) is 11.3. The van der Waals surface area contributed by atoms with Gasteiger partial charge in [-0.05, 0) is 0 Å². The molecule has 1 saturated heterocycles. The van der Waals surface area contributed by atoms with Gasteiger partial charge >= 0.3 is 0 Å². The van der Waals surface area contributed by atoms with Crippen LogP contribution in [-0.4, -0.2) is 53.0 Å². The molecule has 2 rings (SSSR count). The summed E-state index contributed by atoms with van der Waals surface area (Å²) in [4.78, 5) is 18.2. The molecule has 5 nitrogen and oxygen atoms in total. The van der Waals surface area contributed by atoms with Gasteiger partial charge in [0, 0.05) is 58.6 Å². The zero-order chi connectivity index (χ0) is 11.4. The fourth-order valence-corrected chi connectivity index (χ4v) is 1.94. The highest BCUT2D eigenvalue weighted by Gasteiger charge is 2.14. The van der Waals surface area contributed by atoms with Crippen molar-refractivity contribution in [1.29, 1.82) is 0 Å². The highest BCUT2D eigenvalue weighted by atomic mass is 16.1. The average Bonchev–Trinajstić information content (AvgIpc) is 2.74. The van der Waals surface area contributed by atoms with E-state index < -0.39 is 0 Å². The molecule has 0 bridgehead atoms. The molecule has 0 atom stereocenters. The number of piperazine rings is 1. The van der Waals surface area contributed by atoms with E-state index in [1.807, 2.05) is 7.05 Å². The number of aryl methyl sites for hydroxylation is 1. The Kier molecular flexibility index (Phi) is 3.69. The Labute approximate surface area is 95.5 Å². The number of nitrogens with zero attached hydrogens (tertiary/aromatic N) is 3. The van der Waals surface area contributed by atoms with Gasteiger partial charge in [0.2, 0.25) is 0 Å². The van der Waals surface area contributed by atoms with Crippen molar-refractivity contribution in [1.82, 2.24) is 19.8 Å². The highest BCUT2D eigenvalue weighted by molar-refractivity contribution is 5.92. The Balaban J connectivity index is 1.81. The molecule has 1 aromatic rings. The van der Waals surface area contributed by atoms with Crippen molar-refractivity contribution in [2.24, 2.45) is 7.05 Å². The Morgan fingerprint density at radius 2 is 2.25 bits per heavy atom. The quantitative estimate of drug-likeness (QED) is 0.723. The first-order chi connectivity index (χ1) is 7.77. The fraction of sp³-hybridized carbons (Fsp3) is 0.636. The van der Waals surface area contributed by atoms with Crippen LogP contribution in [0.25, 0.3) is 0 Å². The number of Topliss-reactive ketones (excluding diaryl/α,β-unsaturated/α-hetero) is 1. The molecule has 1 aromatic heterocycles. The minimum Gasteiger partial charge on any atom is -0.332 e. The topological polar surface area (TPSA) is 50.2 Å². The maximum Gasteiger partial charge on any atom is 0.199 e. The first-order valence-electron chi connectivity index (χ1n) is 5.71. The molecule has 0 unspecified atom stereocenters. The van der Waals surface area contributed by atoms with Crippen LogP contribution < -0.4 is 5.32 Å². The fourth-order valence-electron chi connectivity index (χ4n) is 1.94. The molecule has 1 aliphatic rings. The van der Waals surface area contributed by atoms with E-state index in [-0.39, 0.29) is 5.78 Å². The van der Waals surface area contributed by atoms with Crippen molar-refractivity contribution in [3.8, 4) is 0 Å². The first-order valence-corrected chi connectivity index (χ1v) is 5.71. The van der Waals surface area contributed by atoms with Gasteiger partial charge in [0.1, 0.15) is 0 Å². The van der Waals surface area contributed by atoms with Crippen molar-refractivity contribution in [3.63, 3.8) is 0 Å². The van der Waals surface area contributed by atoms with Crippen LogP contribution in [0.1, 0.15) is 17.0 Å². The van der Waals surface area contributed by atoms with Gasteiger partial charge in [-0.25, -0.2) is 4.98 Å². The van der Waals surface area contributed by atoms with Crippen LogP contribution in [-0.2, 0) is 7.05 Å². The third kappa shape index (κ3) is 2.68. The van der Waals surface area contributed by atoms with Crippen LogP contribution in [0.4, 0.5) is 0 Å². The van der Waals surface area contributed by atoms with Crippen molar-refractivity contribution < 1.29 is 4.79 Å². The summed E-state index contributed by atoms with van der Waals surface area (Å²) in [6.07, 6.45) is 4.03. The van der Waals surface area contributed by atoms with Crippen LogP contribution >= 0.6 is 0 Å². The highest BCUT2D eigenvalue weighted by Crippen LogP contribution is 2.02. The monoisotopic (exact) mass is 222 g/mol. The number of hydrogen-bond donors (Lipinski definition) is 1. The summed E-state index contributed by atoms with van der Waals surface area (Å²) in [6.45, 7) is 4.96. The Morgan fingerprint density at radius 3 is 2.88 bits per heavy atom. The van der Waals surface area contributed by atoms with E-state index >= 15 is 0 Å². The maximum atomic E-state index is 11.8. The summed E-state index contributed by atoms with van der Waals surface area (Å²) in [5.41, 5.74) is 0. The predicted octanol–water partition coefficient (Wildman–Crippen LogP) is -0.102. The lowest BCUT2D eigenvalue weighted by atomic mass is 10.2. The standard InChI is InChI=1S/C11H18N4O/c1-14-7-5-13-11(14)10(16)2-6-15-8-3-12-4-9-15/h5,7,12H,2-4,6,8-9H2,1H3. The van der Waals surface area contributed by atoms with Crippen LogP contribution in [0.15, 0.2) is 12.4 Å². The molecule has 0 aromatic carbocycles. The second-order valence-electron chi connectivity index (χ2n) is 4.13. The van der Waals surface area contributed by atoms with Crippen LogP contribution in [0, 0.1) is 0 Å². The summed E-state index contributed by atoms with van der Waals surface area (Å²) >= 11 is 0. The number of ketones is 1. The Bertz CT molecular complexity index is 355. The lowest BCUT2D eigenvalue weighted by Crippen LogP contribution is -2.44. The SMILES string of the molecule is Cn1ccnc1C(=O)CCN1CCNCC1. The summed E-state index contributed by atoms with van der Waals surface area (Å²) in [5.74, 6) is 0.696. The van der Waals surface area contributed by atoms with Crippen molar-refractivity contribution in [3.05, 3.63) is 18.2 Å². The van der Waals surface area contributed by atoms with E-state index in [0.29, 0.717) is 12.2 Å². The number of carbonyl (C=O) groups excluding carboxylic acids is 1.